The normalized spacial score (nSPS) is 11.3. The second kappa shape index (κ2) is 10.5. The number of rotatable bonds is 7. The van der Waals surface area contributed by atoms with E-state index in [9.17, 15) is 9.18 Å². The molecule has 3 aromatic carbocycles. The zero-order valence-electron chi connectivity index (χ0n) is 19.9. The van der Waals surface area contributed by atoms with Gasteiger partial charge in [0.2, 0.25) is 0 Å². The maximum atomic E-state index is 14.4. The Morgan fingerprint density at radius 1 is 0.972 bits per heavy atom. The number of halogens is 1. The molecule has 8 heteroatoms. The number of hydrogen-bond donors (Lipinski definition) is 0. The molecule has 0 aliphatic carbocycles. The van der Waals surface area contributed by atoms with Gasteiger partial charge in [0.1, 0.15) is 10.5 Å². The number of aryl methyl sites for hydroxylation is 4. The Balaban J connectivity index is 1.66. The van der Waals surface area contributed by atoms with Crippen molar-refractivity contribution in [3.8, 4) is 5.69 Å². The fraction of sp³-hybridized carbons (Fsp3) is 0.179. The van der Waals surface area contributed by atoms with Crippen molar-refractivity contribution in [3.05, 3.63) is 115 Å². The van der Waals surface area contributed by atoms with E-state index in [1.807, 2.05) is 60.9 Å². The van der Waals surface area contributed by atoms with E-state index in [0.717, 1.165) is 23.2 Å². The van der Waals surface area contributed by atoms with Gasteiger partial charge in [0.25, 0.3) is 5.56 Å². The van der Waals surface area contributed by atoms with Crippen molar-refractivity contribution in [3.63, 3.8) is 0 Å². The molecule has 0 spiro atoms. The van der Waals surface area contributed by atoms with Crippen LogP contribution >= 0.6 is 35.3 Å². The molecule has 0 amide bonds. The van der Waals surface area contributed by atoms with Gasteiger partial charge in [0.15, 0.2) is 14.8 Å². The van der Waals surface area contributed by atoms with Gasteiger partial charge in [-0.3, -0.25) is 9.36 Å². The van der Waals surface area contributed by atoms with E-state index in [4.69, 9.17) is 17.2 Å². The first-order chi connectivity index (χ1) is 17.4. The molecule has 0 saturated heterocycles. The molecule has 0 unspecified atom stereocenters. The van der Waals surface area contributed by atoms with Crippen LogP contribution in [0.5, 0.6) is 0 Å². The van der Waals surface area contributed by atoms with Crippen LogP contribution in [0.2, 0.25) is 0 Å². The summed E-state index contributed by atoms with van der Waals surface area (Å²) in [6.45, 7) is 4.59. The van der Waals surface area contributed by atoms with Crippen molar-refractivity contribution >= 4 is 45.7 Å². The maximum Gasteiger partial charge on any atom is 0.278 e. The van der Waals surface area contributed by atoms with Gasteiger partial charge in [0.05, 0.1) is 5.69 Å². The Labute approximate surface area is 222 Å². The molecule has 2 aromatic heterocycles. The molecule has 4 nitrogen and oxygen atoms in total. The van der Waals surface area contributed by atoms with Crippen LogP contribution in [0.15, 0.2) is 82.7 Å². The minimum absolute atomic E-state index is 0.150. The van der Waals surface area contributed by atoms with E-state index >= 15 is 0 Å². The van der Waals surface area contributed by atoms with E-state index in [-0.39, 0.29) is 11.4 Å². The molecule has 0 fully saturated rings. The second-order valence-electron chi connectivity index (χ2n) is 8.56. The highest BCUT2D eigenvalue weighted by molar-refractivity contribution is 7.98. The first kappa shape index (κ1) is 24.6. The van der Waals surface area contributed by atoms with Crippen LogP contribution in [-0.2, 0) is 18.7 Å². The molecule has 5 aromatic rings. The lowest BCUT2D eigenvalue weighted by Crippen LogP contribution is -2.23. The van der Waals surface area contributed by atoms with E-state index in [1.165, 1.54) is 34.7 Å². The zero-order chi connectivity index (χ0) is 25.2. The fourth-order valence-electron chi connectivity index (χ4n) is 4.27. The minimum atomic E-state index is -0.270. The smallest absolute Gasteiger partial charge is 0.278 e. The van der Waals surface area contributed by atoms with Gasteiger partial charge < -0.3 is 4.57 Å². The van der Waals surface area contributed by atoms with Gasteiger partial charge in [-0.25, -0.2) is 9.37 Å². The highest BCUT2D eigenvalue weighted by Crippen LogP contribution is 2.30. The minimum Gasteiger partial charge on any atom is -0.307 e. The summed E-state index contributed by atoms with van der Waals surface area (Å²) < 4.78 is 19.2. The monoisotopic (exact) mass is 533 g/mol. The molecule has 0 saturated carbocycles. The third-order valence-corrected chi connectivity index (χ3v) is 8.52. The molecular formula is C28H24FN3OS3. The third-order valence-electron chi connectivity index (χ3n) is 6.10. The summed E-state index contributed by atoms with van der Waals surface area (Å²) in [5.41, 5.74) is 4.94. The number of nitrogens with zero attached hydrogens (tertiary/aromatic N) is 3. The van der Waals surface area contributed by atoms with Crippen molar-refractivity contribution in [1.29, 1.82) is 0 Å². The molecule has 0 atom stereocenters. The van der Waals surface area contributed by atoms with Gasteiger partial charge in [-0.1, -0.05) is 89.8 Å². The number of fused-ring (bicyclic) bond motifs is 1. The van der Waals surface area contributed by atoms with Crippen LogP contribution in [0.1, 0.15) is 22.3 Å². The van der Waals surface area contributed by atoms with Crippen molar-refractivity contribution in [2.24, 2.45) is 0 Å². The number of para-hydroxylation sites is 1. The fourth-order valence-corrected chi connectivity index (χ4v) is 6.56. The summed E-state index contributed by atoms with van der Waals surface area (Å²) in [6, 6.07) is 22.8. The number of aromatic nitrogens is 3. The van der Waals surface area contributed by atoms with Crippen molar-refractivity contribution < 1.29 is 4.39 Å². The molecule has 0 bridgehead atoms. The van der Waals surface area contributed by atoms with Crippen LogP contribution in [0.3, 0.4) is 0 Å². The first-order valence-electron chi connectivity index (χ1n) is 11.6. The largest absolute Gasteiger partial charge is 0.307 e. The Kier molecular flexibility index (Phi) is 7.18. The molecule has 5 rings (SSSR count). The predicted octanol–water partition coefficient (Wildman–Crippen LogP) is 7.27. The second-order valence-corrected chi connectivity index (χ2v) is 11.2. The van der Waals surface area contributed by atoms with Gasteiger partial charge in [0, 0.05) is 12.3 Å². The molecule has 0 aliphatic rings. The molecule has 36 heavy (non-hydrogen) atoms. The molecular weight excluding hydrogens is 510 g/mol. The van der Waals surface area contributed by atoms with E-state index < -0.39 is 0 Å². The number of hydrogen-bond acceptors (Lipinski definition) is 5. The third kappa shape index (κ3) is 4.81. The maximum absolute atomic E-state index is 14.4. The molecule has 0 aliphatic heterocycles. The molecule has 182 valence electrons. The Morgan fingerprint density at radius 2 is 1.67 bits per heavy atom. The summed E-state index contributed by atoms with van der Waals surface area (Å²) in [7, 11) is 0. The van der Waals surface area contributed by atoms with Crippen LogP contribution in [0.4, 0.5) is 4.39 Å². The number of thiazole rings is 1. The van der Waals surface area contributed by atoms with Gasteiger partial charge in [-0.2, -0.15) is 0 Å². The van der Waals surface area contributed by atoms with Gasteiger partial charge in [-0.15, -0.1) is 0 Å². The van der Waals surface area contributed by atoms with E-state index in [1.54, 1.807) is 16.7 Å². The summed E-state index contributed by atoms with van der Waals surface area (Å²) >= 11 is 8.33. The number of thioether (sulfide) groups is 1. The summed E-state index contributed by atoms with van der Waals surface area (Å²) in [6.07, 6.45) is 0.778. The Morgan fingerprint density at radius 3 is 2.39 bits per heavy atom. The standard InChI is InChI=1S/C28H24FN3OS3/c1-18-9-8-10-19(2)23(18)32-26(33)24-25(30-27(32)35-17-21-13-6-7-14-22(21)29)31(28(34)36-24)16-15-20-11-4-3-5-12-20/h3-14H,15-17H2,1-2H3. The quantitative estimate of drug-likeness (QED) is 0.125. The van der Waals surface area contributed by atoms with Gasteiger partial charge in [-0.05, 0) is 60.8 Å². The summed E-state index contributed by atoms with van der Waals surface area (Å²) in [5, 5.41) is 0.523. The van der Waals surface area contributed by atoms with Gasteiger partial charge >= 0.3 is 0 Å². The first-order valence-corrected chi connectivity index (χ1v) is 13.8. The van der Waals surface area contributed by atoms with Crippen LogP contribution < -0.4 is 5.56 Å². The average molecular weight is 534 g/mol. The lowest BCUT2D eigenvalue weighted by atomic mass is 10.1. The van der Waals surface area contributed by atoms with Crippen molar-refractivity contribution in [1.82, 2.24) is 14.1 Å². The Hall–Kier alpha value is -3.07. The molecule has 2 heterocycles. The average Bonchev–Trinajstić information content (AvgIpc) is 3.19. The highest BCUT2D eigenvalue weighted by atomic mass is 32.2. The Bertz CT molecular complexity index is 1650. The molecule has 0 N–H and O–H groups in total. The SMILES string of the molecule is Cc1cccc(C)c1-n1c(SCc2ccccc2F)nc2c(sc(=S)n2CCc2ccccc2)c1=O. The predicted molar refractivity (Wildman–Crippen MR) is 150 cm³/mol. The highest BCUT2D eigenvalue weighted by Gasteiger charge is 2.20. The van der Waals surface area contributed by atoms with E-state index in [2.05, 4.69) is 12.1 Å². The lowest BCUT2D eigenvalue weighted by Gasteiger charge is -2.17. The van der Waals surface area contributed by atoms with Crippen LogP contribution in [0, 0.1) is 23.6 Å². The lowest BCUT2D eigenvalue weighted by molar-refractivity contribution is 0.617. The summed E-state index contributed by atoms with van der Waals surface area (Å²) in [4.78, 5) is 18.9. The van der Waals surface area contributed by atoms with Crippen LogP contribution in [-0.4, -0.2) is 14.1 Å². The van der Waals surface area contributed by atoms with Crippen molar-refractivity contribution in [2.75, 3.05) is 0 Å². The van der Waals surface area contributed by atoms with Crippen molar-refractivity contribution in [2.45, 2.75) is 37.7 Å². The zero-order valence-corrected chi connectivity index (χ0v) is 22.4. The topological polar surface area (TPSA) is 39.8 Å². The van der Waals surface area contributed by atoms with Crippen LogP contribution in [0.25, 0.3) is 16.0 Å². The van der Waals surface area contributed by atoms with E-state index in [0.29, 0.717) is 37.3 Å². The summed E-state index contributed by atoms with van der Waals surface area (Å²) in [5.74, 6) is 0.0816. The molecule has 0 radical (unpaired) electrons. The number of benzene rings is 3.